The number of nitrogens with zero attached hydrogens (tertiary/aromatic N) is 2. The Labute approximate surface area is 218 Å². The van der Waals surface area contributed by atoms with Crippen LogP contribution in [0.4, 0.5) is 11.4 Å². The zero-order valence-electron chi connectivity index (χ0n) is 21.6. The quantitative estimate of drug-likeness (QED) is 0.462. The van der Waals surface area contributed by atoms with Crippen molar-refractivity contribution in [1.82, 2.24) is 10.2 Å². The van der Waals surface area contributed by atoms with Crippen LogP contribution in [-0.4, -0.2) is 57.1 Å². The number of hydrogen-bond donors (Lipinski definition) is 2. The number of hydrogen-bond acceptors (Lipinski definition) is 6. The average molecular weight is 503 g/mol. The fourth-order valence-corrected chi connectivity index (χ4v) is 4.49. The Morgan fingerprint density at radius 2 is 1.59 bits per heavy atom. The summed E-state index contributed by atoms with van der Waals surface area (Å²) >= 11 is 0. The molecule has 0 atom stereocenters. The van der Waals surface area contributed by atoms with Crippen LogP contribution < -0.4 is 25.0 Å². The molecule has 4 rings (SSSR count). The van der Waals surface area contributed by atoms with E-state index in [0.717, 1.165) is 55.5 Å². The molecule has 1 aliphatic heterocycles. The van der Waals surface area contributed by atoms with Crippen LogP contribution in [-0.2, 0) is 17.9 Å². The molecule has 1 saturated heterocycles. The van der Waals surface area contributed by atoms with Crippen molar-refractivity contribution >= 4 is 23.2 Å². The maximum atomic E-state index is 12.7. The zero-order chi connectivity index (χ0) is 26.2. The third-order valence-electron chi connectivity index (χ3n) is 6.40. The Hall–Kier alpha value is -4.04. The van der Waals surface area contributed by atoms with E-state index in [1.54, 1.807) is 38.5 Å². The minimum absolute atomic E-state index is 0.170. The van der Waals surface area contributed by atoms with E-state index in [1.807, 2.05) is 24.3 Å². The van der Waals surface area contributed by atoms with Gasteiger partial charge in [0.15, 0.2) is 11.5 Å². The molecular weight excluding hydrogens is 468 g/mol. The smallest absolute Gasteiger partial charge is 0.251 e. The van der Waals surface area contributed by atoms with Crippen molar-refractivity contribution < 1.29 is 19.1 Å². The number of anilines is 2. The molecule has 0 aromatic heterocycles. The number of nitrogens with one attached hydrogen (secondary N) is 2. The third-order valence-corrected chi connectivity index (χ3v) is 6.40. The summed E-state index contributed by atoms with van der Waals surface area (Å²) in [4.78, 5) is 28.8. The summed E-state index contributed by atoms with van der Waals surface area (Å²) in [6.45, 7) is 6.51. The normalized spacial score (nSPS) is 13.6. The molecule has 194 valence electrons. The van der Waals surface area contributed by atoms with Gasteiger partial charge in [0.1, 0.15) is 0 Å². The van der Waals surface area contributed by atoms with Crippen molar-refractivity contribution in [3.8, 4) is 11.5 Å². The van der Waals surface area contributed by atoms with Crippen LogP contribution in [0.25, 0.3) is 0 Å². The van der Waals surface area contributed by atoms with Crippen molar-refractivity contribution in [3.05, 3.63) is 83.4 Å². The van der Waals surface area contributed by atoms with Gasteiger partial charge in [0.05, 0.1) is 14.2 Å². The molecule has 0 unspecified atom stereocenters. The summed E-state index contributed by atoms with van der Waals surface area (Å²) in [7, 11) is 3.31. The number of amides is 2. The van der Waals surface area contributed by atoms with Gasteiger partial charge in [-0.25, -0.2) is 0 Å². The summed E-state index contributed by atoms with van der Waals surface area (Å²) in [6, 6.07) is 21.3. The zero-order valence-corrected chi connectivity index (χ0v) is 21.6. The van der Waals surface area contributed by atoms with Crippen LogP contribution in [0.15, 0.2) is 66.7 Å². The second kappa shape index (κ2) is 12.3. The van der Waals surface area contributed by atoms with E-state index in [9.17, 15) is 9.59 Å². The maximum absolute atomic E-state index is 12.7. The molecule has 0 radical (unpaired) electrons. The number of methoxy groups -OCH3 is 2. The van der Waals surface area contributed by atoms with E-state index in [2.05, 4.69) is 38.6 Å². The molecule has 3 aromatic carbocycles. The van der Waals surface area contributed by atoms with E-state index in [1.165, 1.54) is 12.5 Å². The topological polar surface area (TPSA) is 83.1 Å². The molecule has 0 bridgehead atoms. The van der Waals surface area contributed by atoms with Gasteiger partial charge in [0, 0.05) is 63.1 Å². The Balaban J connectivity index is 1.30. The van der Waals surface area contributed by atoms with Gasteiger partial charge < -0.3 is 25.0 Å². The highest BCUT2D eigenvalue weighted by atomic mass is 16.5. The highest BCUT2D eigenvalue weighted by Gasteiger charge is 2.18. The van der Waals surface area contributed by atoms with Crippen molar-refractivity contribution in [2.75, 3.05) is 50.6 Å². The Kier molecular flexibility index (Phi) is 8.64. The molecular formula is C29H34N4O4. The molecule has 1 heterocycles. The Bertz CT molecular complexity index is 1240. The maximum Gasteiger partial charge on any atom is 0.251 e. The van der Waals surface area contributed by atoms with E-state index in [0.29, 0.717) is 17.8 Å². The summed E-state index contributed by atoms with van der Waals surface area (Å²) in [5.74, 6) is 1.14. The van der Waals surface area contributed by atoms with Crippen LogP contribution >= 0.6 is 0 Å². The molecule has 0 spiro atoms. The monoisotopic (exact) mass is 502 g/mol. The van der Waals surface area contributed by atoms with Gasteiger partial charge >= 0.3 is 0 Å². The highest BCUT2D eigenvalue weighted by Crippen LogP contribution is 2.28. The van der Waals surface area contributed by atoms with Gasteiger partial charge in [0.2, 0.25) is 5.91 Å². The molecule has 8 heteroatoms. The van der Waals surface area contributed by atoms with Crippen LogP contribution in [0.2, 0.25) is 0 Å². The summed E-state index contributed by atoms with van der Waals surface area (Å²) in [5, 5.41) is 5.69. The average Bonchev–Trinajstić information content (AvgIpc) is 2.92. The number of piperazine rings is 1. The standard InChI is InChI=1S/C29H34N4O4/c1-21(34)31-25-8-5-7-24(18-25)29(35)30-19-22-6-4-9-26(16-22)33-14-12-32(13-15-33)20-23-10-11-27(36-2)28(17-23)37-3/h4-11,16-18H,12-15,19-20H2,1-3H3,(H,30,35)(H,31,34). The molecule has 1 aliphatic rings. The van der Waals surface area contributed by atoms with Gasteiger partial charge in [-0.2, -0.15) is 0 Å². The summed E-state index contributed by atoms with van der Waals surface area (Å²) in [5.41, 5.74) is 4.51. The molecule has 0 aliphatic carbocycles. The minimum atomic E-state index is -0.179. The van der Waals surface area contributed by atoms with Crippen LogP contribution in [0, 0.1) is 0 Å². The van der Waals surface area contributed by atoms with E-state index < -0.39 is 0 Å². The number of carbonyl (C=O) groups is 2. The minimum Gasteiger partial charge on any atom is -0.493 e. The lowest BCUT2D eigenvalue weighted by Gasteiger charge is -2.36. The Morgan fingerprint density at radius 1 is 0.838 bits per heavy atom. The van der Waals surface area contributed by atoms with Crippen molar-refractivity contribution in [3.63, 3.8) is 0 Å². The predicted molar refractivity (Wildman–Crippen MR) is 145 cm³/mol. The lowest BCUT2D eigenvalue weighted by Crippen LogP contribution is -2.46. The van der Waals surface area contributed by atoms with Crippen LogP contribution in [0.1, 0.15) is 28.4 Å². The van der Waals surface area contributed by atoms with Crippen LogP contribution in [0.5, 0.6) is 11.5 Å². The van der Waals surface area contributed by atoms with Crippen molar-refractivity contribution in [2.45, 2.75) is 20.0 Å². The van der Waals surface area contributed by atoms with Crippen molar-refractivity contribution in [1.29, 1.82) is 0 Å². The summed E-state index contributed by atoms with van der Waals surface area (Å²) in [6.07, 6.45) is 0. The number of carbonyl (C=O) groups excluding carboxylic acids is 2. The number of rotatable bonds is 9. The number of benzene rings is 3. The summed E-state index contributed by atoms with van der Waals surface area (Å²) < 4.78 is 10.8. The first-order valence-electron chi connectivity index (χ1n) is 12.4. The lowest BCUT2D eigenvalue weighted by molar-refractivity contribution is -0.114. The first-order chi connectivity index (χ1) is 17.9. The fraction of sp³-hybridized carbons (Fsp3) is 0.310. The number of ether oxygens (including phenoxy) is 2. The largest absolute Gasteiger partial charge is 0.493 e. The Morgan fingerprint density at radius 3 is 2.32 bits per heavy atom. The van der Waals surface area contributed by atoms with Gasteiger partial charge in [-0.15, -0.1) is 0 Å². The lowest BCUT2D eigenvalue weighted by atomic mass is 10.1. The second-order valence-electron chi connectivity index (χ2n) is 9.07. The molecule has 2 amide bonds. The van der Waals surface area contributed by atoms with E-state index >= 15 is 0 Å². The second-order valence-corrected chi connectivity index (χ2v) is 9.07. The van der Waals surface area contributed by atoms with Gasteiger partial charge in [-0.1, -0.05) is 24.3 Å². The highest BCUT2D eigenvalue weighted by molar-refractivity contribution is 5.96. The molecule has 0 saturated carbocycles. The first-order valence-corrected chi connectivity index (χ1v) is 12.4. The molecule has 37 heavy (non-hydrogen) atoms. The van der Waals surface area contributed by atoms with Gasteiger partial charge in [-0.3, -0.25) is 14.5 Å². The van der Waals surface area contributed by atoms with Crippen molar-refractivity contribution in [2.24, 2.45) is 0 Å². The predicted octanol–water partition coefficient (Wildman–Crippen LogP) is 3.91. The SMILES string of the molecule is COc1ccc(CN2CCN(c3cccc(CNC(=O)c4cccc(NC(C)=O)c4)c3)CC2)cc1OC. The molecule has 3 aromatic rings. The van der Waals surface area contributed by atoms with Crippen LogP contribution in [0.3, 0.4) is 0 Å². The van der Waals surface area contributed by atoms with E-state index in [-0.39, 0.29) is 11.8 Å². The third kappa shape index (κ3) is 7.01. The molecule has 8 nitrogen and oxygen atoms in total. The molecule has 1 fully saturated rings. The van der Waals surface area contributed by atoms with Gasteiger partial charge in [-0.05, 0) is 53.6 Å². The van der Waals surface area contributed by atoms with E-state index in [4.69, 9.17) is 9.47 Å². The first kappa shape index (κ1) is 26.0. The molecule has 2 N–H and O–H groups in total. The van der Waals surface area contributed by atoms with Gasteiger partial charge in [0.25, 0.3) is 5.91 Å². The fourth-order valence-electron chi connectivity index (χ4n) is 4.49.